The summed E-state index contributed by atoms with van der Waals surface area (Å²) in [5.74, 6) is -1.01. The second-order valence-electron chi connectivity index (χ2n) is 2.55. The molecule has 1 unspecified atom stereocenters. The first-order valence-electron chi connectivity index (χ1n) is 3.47. The molecule has 1 aliphatic carbocycles. The molecule has 3 heteroatoms. The minimum Gasteiger partial charge on any atom is -0.385 e. The van der Waals surface area contributed by atoms with Gasteiger partial charge in [-0.2, -0.15) is 0 Å². The first-order valence-corrected chi connectivity index (χ1v) is 3.47. The van der Waals surface area contributed by atoms with Gasteiger partial charge in [0.1, 0.15) is 6.10 Å². The summed E-state index contributed by atoms with van der Waals surface area (Å²) in [5, 5.41) is 8.96. The van der Waals surface area contributed by atoms with E-state index in [0.29, 0.717) is 12.8 Å². The standard InChI is InChI=1S/C7H10O3/c8-5-3-1-2-4-6(9)7(5)10/h5,8H,1-4H2. The van der Waals surface area contributed by atoms with Crippen LogP contribution < -0.4 is 0 Å². The lowest BCUT2D eigenvalue weighted by molar-refractivity contribution is -0.141. The van der Waals surface area contributed by atoms with Gasteiger partial charge in [-0.1, -0.05) is 0 Å². The number of rotatable bonds is 0. The lowest BCUT2D eigenvalue weighted by Crippen LogP contribution is -2.25. The molecule has 0 aromatic rings. The molecule has 0 aromatic carbocycles. The third-order valence-corrected chi connectivity index (χ3v) is 1.71. The van der Waals surface area contributed by atoms with Crippen molar-refractivity contribution in [3.8, 4) is 0 Å². The Bertz CT molecular complexity index is 162. The van der Waals surface area contributed by atoms with Gasteiger partial charge in [0.25, 0.3) is 0 Å². The summed E-state index contributed by atoms with van der Waals surface area (Å²) in [7, 11) is 0. The maximum Gasteiger partial charge on any atom is 0.226 e. The topological polar surface area (TPSA) is 54.4 Å². The van der Waals surface area contributed by atoms with E-state index < -0.39 is 17.7 Å². The molecule has 56 valence electrons. The Labute approximate surface area is 59.0 Å². The molecule has 0 aliphatic heterocycles. The fraction of sp³-hybridized carbons (Fsp3) is 0.714. The Morgan fingerprint density at radius 1 is 1.30 bits per heavy atom. The third kappa shape index (κ3) is 1.42. The fourth-order valence-electron chi connectivity index (χ4n) is 1.06. The van der Waals surface area contributed by atoms with Crippen molar-refractivity contribution < 1.29 is 14.7 Å². The van der Waals surface area contributed by atoms with Crippen molar-refractivity contribution >= 4 is 11.6 Å². The summed E-state index contributed by atoms with van der Waals surface area (Å²) in [6, 6.07) is 0. The van der Waals surface area contributed by atoms with Crippen LogP contribution in [0.4, 0.5) is 0 Å². The number of Topliss-reactive ketones (excluding diaryl/α,β-unsaturated/α-hetero) is 2. The van der Waals surface area contributed by atoms with Crippen LogP contribution in [0, 0.1) is 0 Å². The van der Waals surface area contributed by atoms with Gasteiger partial charge >= 0.3 is 0 Å². The van der Waals surface area contributed by atoms with Crippen molar-refractivity contribution in [3.05, 3.63) is 0 Å². The first kappa shape index (κ1) is 7.41. The van der Waals surface area contributed by atoms with Gasteiger partial charge in [0.05, 0.1) is 0 Å². The fourth-order valence-corrected chi connectivity index (χ4v) is 1.06. The molecule has 1 aliphatic rings. The van der Waals surface area contributed by atoms with Crippen molar-refractivity contribution in [1.29, 1.82) is 0 Å². The van der Waals surface area contributed by atoms with Crippen molar-refractivity contribution in [2.45, 2.75) is 31.8 Å². The van der Waals surface area contributed by atoms with Crippen molar-refractivity contribution in [3.63, 3.8) is 0 Å². The molecule has 0 heterocycles. The van der Waals surface area contributed by atoms with Crippen LogP contribution in [0.1, 0.15) is 25.7 Å². The smallest absolute Gasteiger partial charge is 0.226 e. The molecule has 0 radical (unpaired) electrons. The monoisotopic (exact) mass is 142 g/mol. The highest BCUT2D eigenvalue weighted by atomic mass is 16.3. The molecule has 1 fully saturated rings. The van der Waals surface area contributed by atoms with Gasteiger partial charge in [-0.15, -0.1) is 0 Å². The van der Waals surface area contributed by atoms with Crippen LogP contribution in [0.3, 0.4) is 0 Å². The van der Waals surface area contributed by atoms with Crippen LogP contribution in [0.5, 0.6) is 0 Å². The highest BCUT2D eigenvalue weighted by Crippen LogP contribution is 2.11. The van der Waals surface area contributed by atoms with Crippen LogP contribution in [-0.4, -0.2) is 22.8 Å². The summed E-state index contributed by atoms with van der Waals surface area (Å²) >= 11 is 0. The van der Waals surface area contributed by atoms with Crippen molar-refractivity contribution in [1.82, 2.24) is 0 Å². The highest BCUT2D eigenvalue weighted by Gasteiger charge is 2.24. The maximum atomic E-state index is 10.7. The Kier molecular flexibility index (Phi) is 2.17. The third-order valence-electron chi connectivity index (χ3n) is 1.71. The number of aliphatic hydroxyl groups excluding tert-OH is 1. The van der Waals surface area contributed by atoms with Gasteiger partial charge in [0.2, 0.25) is 11.6 Å². The summed E-state index contributed by atoms with van der Waals surface area (Å²) in [4.78, 5) is 21.5. The molecule has 10 heavy (non-hydrogen) atoms. The van der Waals surface area contributed by atoms with Gasteiger partial charge < -0.3 is 5.11 Å². The minimum atomic E-state index is -1.02. The predicted octanol–water partition coefficient (Wildman–Crippen LogP) is 0.0595. The van der Waals surface area contributed by atoms with Gasteiger partial charge in [-0.05, 0) is 19.3 Å². The molecule has 3 nitrogen and oxygen atoms in total. The van der Waals surface area contributed by atoms with E-state index in [-0.39, 0.29) is 0 Å². The summed E-state index contributed by atoms with van der Waals surface area (Å²) in [6.07, 6.45) is 1.26. The van der Waals surface area contributed by atoms with Gasteiger partial charge in [-0.25, -0.2) is 0 Å². The molecular weight excluding hydrogens is 132 g/mol. The minimum absolute atomic E-state index is 0.315. The van der Waals surface area contributed by atoms with Crippen LogP contribution in [0.2, 0.25) is 0 Å². The Morgan fingerprint density at radius 3 is 2.70 bits per heavy atom. The van der Waals surface area contributed by atoms with E-state index in [1.807, 2.05) is 0 Å². The van der Waals surface area contributed by atoms with Gasteiger partial charge in [0, 0.05) is 6.42 Å². The Balaban J connectivity index is 2.64. The van der Waals surface area contributed by atoms with Crippen LogP contribution in [0.15, 0.2) is 0 Å². The van der Waals surface area contributed by atoms with Crippen LogP contribution in [0.25, 0.3) is 0 Å². The lowest BCUT2D eigenvalue weighted by Gasteiger charge is -2.00. The Morgan fingerprint density at radius 2 is 2.00 bits per heavy atom. The zero-order chi connectivity index (χ0) is 7.56. The lowest BCUT2D eigenvalue weighted by atomic mass is 10.1. The number of carbonyl (C=O) groups is 2. The molecule has 0 saturated heterocycles. The number of hydrogen-bond donors (Lipinski definition) is 1. The zero-order valence-electron chi connectivity index (χ0n) is 5.67. The number of aliphatic hydroxyl groups is 1. The normalized spacial score (nSPS) is 28.3. The largest absolute Gasteiger partial charge is 0.385 e. The van der Waals surface area contributed by atoms with E-state index in [2.05, 4.69) is 0 Å². The maximum absolute atomic E-state index is 10.7. The molecule has 1 saturated carbocycles. The van der Waals surface area contributed by atoms with E-state index in [4.69, 9.17) is 5.11 Å². The Hall–Kier alpha value is -0.700. The average Bonchev–Trinajstić information content (AvgIpc) is 2.04. The van der Waals surface area contributed by atoms with E-state index in [0.717, 1.165) is 12.8 Å². The van der Waals surface area contributed by atoms with E-state index in [1.165, 1.54) is 0 Å². The molecule has 0 amide bonds. The molecule has 0 spiro atoms. The highest BCUT2D eigenvalue weighted by molar-refractivity contribution is 6.38. The SMILES string of the molecule is O=C1CCCCC(O)C1=O. The van der Waals surface area contributed by atoms with Crippen molar-refractivity contribution in [2.24, 2.45) is 0 Å². The molecule has 1 atom stereocenters. The quantitative estimate of drug-likeness (QED) is 0.384. The van der Waals surface area contributed by atoms with Crippen molar-refractivity contribution in [2.75, 3.05) is 0 Å². The number of hydrogen-bond acceptors (Lipinski definition) is 3. The predicted molar refractivity (Wildman–Crippen MR) is 34.5 cm³/mol. The van der Waals surface area contributed by atoms with E-state index in [1.54, 1.807) is 0 Å². The molecule has 0 aromatic heterocycles. The van der Waals surface area contributed by atoms with Crippen LogP contribution >= 0.6 is 0 Å². The van der Waals surface area contributed by atoms with E-state index >= 15 is 0 Å². The second kappa shape index (κ2) is 2.92. The number of ketones is 2. The molecular formula is C7H10O3. The molecule has 1 N–H and O–H groups in total. The van der Waals surface area contributed by atoms with Crippen LogP contribution in [-0.2, 0) is 9.59 Å². The molecule has 0 bridgehead atoms. The number of carbonyl (C=O) groups excluding carboxylic acids is 2. The van der Waals surface area contributed by atoms with Gasteiger partial charge in [-0.3, -0.25) is 9.59 Å². The molecule has 1 rings (SSSR count). The van der Waals surface area contributed by atoms with Gasteiger partial charge in [0.15, 0.2) is 0 Å². The summed E-state index contributed by atoms with van der Waals surface area (Å²) < 4.78 is 0. The van der Waals surface area contributed by atoms with E-state index in [9.17, 15) is 9.59 Å². The average molecular weight is 142 g/mol. The summed E-state index contributed by atoms with van der Waals surface area (Å²) in [6.45, 7) is 0. The zero-order valence-corrected chi connectivity index (χ0v) is 5.67. The second-order valence-corrected chi connectivity index (χ2v) is 2.55. The summed E-state index contributed by atoms with van der Waals surface area (Å²) in [5.41, 5.74) is 0. The first-order chi connectivity index (χ1) is 4.72.